The molecule has 0 bridgehead atoms. The molecule has 0 aliphatic rings. The van der Waals surface area contributed by atoms with Crippen molar-refractivity contribution in [3.8, 4) is 0 Å². The third-order valence-electron chi connectivity index (χ3n) is 1.96. The van der Waals surface area contributed by atoms with Crippen LogP contribution in [0.4, 0.5) is 4.39 Å². The van der Waals surface area contributed by atoms with Gasteiger partial charge in [-0.3, -0.25) is 0 Å². The average molecular weight is 298 g/mol. The molecule has 0 saturated carbocycles. The number of hydrogen-bond donors (Lipinski definition) is 3. The summed E-state index contributed by atoms with van der Waals surface area (Å²) in [5.41, 5.74) is 0. The largest absolute Gasteiger partial charge is 0.479 e. The number of sulfonamides is 1. The van der Waals surface area contributed by atoms with E-state index < -0.39 is 39.4 Å². The van der Waals surface area contributed by atoms with Crippen LogP contribution in [0.3, 0.4) is 0 Å². The summed E-state index contributed by atoms with van der Waals surface area (Å²) in [6.07, 6.45) is -1.91. The SMILES string of the molecule is O=C(O)[C@@H](O)CNS(=O)(=O)c1cccc(Cl)c1F. The van der Waals surface area contributed by atoms with Crippen molar-refractivity contribution in [2.45, 2.75) is 11.0 Å². The highest BCUT2D eigenvalue weighted by Gasteiger charge is 2.23. The molecule has 100 valence electrons. The van der Waals surface area contributed by atoms with Gasteiger partial charge in [0.1, 0.15) is 4.90 Å². The van der Waals surface area contributed by atoms with E-state index in [9.17, 15) is 17.6 Å². The van der Waals surface area contributed by atoms with Gasteiger partial charge in [-0.2, -0.15) is 0 Å². The molecule has 0 aromatic heterocycles. The molecule has 18 heavy (non-hydrogen) atoms. The Kier molecular flexibility index (Phi) is 4.63. The van der Waals surface area contributed by atoms with Crippen LogP contribution in [0.5, 0.6) is 0 Å². The monoisotopic (exact) mass is 297 g/mol. The van der Waals surface area contributed by atoms with Crippen molar-refractivity contribution in [3.63, 3.8) is 0 Å². The lowest BCUT2D eigenvalue weighted by Gasteiger charge is -2.09. The lowest BCUT2D eigenvalue weighted by atomic mass is 10.3. The topological polar surface area (TPSA) is 104 Å². The predicted octanol–water partition coefficient (Wildman–Crippen LogP) is 0.203. The number of benzene rings is 1. The lowest BCUT2D eigenvalue weighted by molar-refractivity contribution is -0.146. The summed E-state index contributed by atoms with van der Waals surface area (Å²) >= 11 is 5.42. The molecule has 1 aromatic rings. The maximum absolute atomic E-state index is 13.5. The third-order valence-corrected chi connectivity index (χ3v) is 3.69. The number of nitrogens with one attached hydrogen (secondary N) is 1. The van der Waals surface area contributed by atoms with Crippen LogP contribution in [-0.2, 0) is 14.8 Å². The van der Waals surface area contributed by atoms with Crippen LogP contribution in [0.2, 0.25) is 5.02 Å². The second kappa shape index (κ2) is 5.61. The molecule has 0 spiro atoms. The summed E-state index contributed by atoms with van der Waals surface area (Å²) in [7, 11) is -4.27. The number of carboxylic acids is 1. The van der Waals surface area contributed by atoms with Crippen LogP contribution >= 0.6 is 11.6 Å². The fourth-order valence-corrected chi connectivity index (χ4v) is 2.41. The van der Waals surface area contributed by atoms with Crippen molar-refractivity contribution in [2.75, 3.05) is 6.54 Å². The van der Waals surface area contributed by atoms with Crippen LogP contribution in [0.15, 0.2) is 23.1 Å². The van der Waals surface area contributed by atoms with Crippen molar-refractivity contribution in [1.82, 2.24) is 4.72 Å². The van der Waals surface area contributed by atoms with Gasteiger partial charge in [-0.1, -0.05) is 17.7 Å². The molecule has 0 saturated heterocycles. The number of hydrogen-bond acceptors (Lipinski definition) is 4. The van der Waals surface area contributed by atoms with E-state index >= 15 is 0 Å². The molecular weight excluding hydrogens is 289 g/mol. The number of rotatable bonds is 5. The van der Waals surface area contributed by atoms with Crippen LogP contribution in [0.25, 0.3) is 0 Å². The molecule has 0 amide bonds. The van der Waals surface area contributed by atoms with Gasteiger partial charge in [0, 0.05) is 6.54 Å². The van der Waals surface area contributed by atoms with E-state index in [0.717, 1.165) is 6.07 Å². The summed E-state index contributed by atoms with van der Waals surface area (Å²) < 4.78 is 38.5. The Labute approximate surface area is 107 Å². The van der Waals surface area contributed by atoms with Gasteiger partial charge >= 0.3 is 5.97 Å². The minimum absolute atomic E-state index is 0.378. The van der Waals surface area contributed by atoms with Gasteiger partial charge < -0.3 is 10.2 Å². The molecule has 3 N–H and O–H groups in total. The summed E-state index contributed by atoms with van der Waals surface area (Å²) in [4.78, 5) is 9.58. The molecule has 1 atom stereocenters. The predicted molar refractivity (Wildman–Crippen MR) is 60.2 cm³/mol. The van der Waals surface area contributed by atoms with Crippen molar-refractivity contribution >= 4 is 27.6 Å². The minimum atomic E-state index is -4.27. The van der Waals surface area contributed by atoms with Gasteiger partial charge in [0.15, 0.2) is 11.9 Å². The van der Waals surface area contributed by atoms with Crippen LogP contribution in [0, 0.1) is 5.82 Å². The van der Waals surface area contributed by atoms with Gasteiger partial charge in [-0.25, -0.2) is 22.3 Å². The molecule has 0 unspecified atom stereocenters. The fourth-order valence-electron chi connectivity index (χ4n) is 1.05. The number of carboxylic acid groups (broad SMARTS) is 1. The number of aliphatic carboxylic acids is 1. The Morgan fingerprint density at radius 3 is 2.67 bits per heavy atom. The highest BCUT2D eigenvalue weighted by molar-refractivity contribution is 7.89. The molecule has 6 nitrogen and oxygen atoms in total. The Bertz CT molecular complexity index is 562. The fraction of sp³-hybridized carbons (Fsp3) is 0.222. The zero-order valence-electron chi connectivity index (χ0n) is 8.80. The molecule has 0 aliphatic heterocycles. The van der Waals surface area contributed by atoms with E-state index in [0.29, 0.717) is 0 Å². The van der Waals surface area contributed by atoms with Crippen LogP contribution < -0.4 is 4.72 Å². The molecular formula is C9H9ClFNO5S. The van der Waals surface area contributed by atoms with Crippen molar-refractivity contribution < 1.29 is 27.8 Å². The summed E-state index contributed by atoms with van der Waals surface area (Å²) in [6.45, 7) is -0.774. The van der Waals surface area contributed by atoms with Gasteiger partial charge in [0.05, 0.1) is 5.02 Å². The second-order valence-corrected chi connectivity index (χ2v) is 5.40. The third kappa shape index (κ3) is 3.39. The highest BCUT2D eigenvalue weighted by atomic mass is 35.5. The van der Waals surface area contributed by atoms with Gasteiger partial charge in [-0.05, 0) is 12.1 Å². The normalized spacial score (nSPS) is 13.3. The zero-order chi connectivity index (χ0) is 13.9. The smallest absolute Gasteiger partial charge is 0.333 e. The molecule has 9 heteroatoms. The van der Waals surface area contributed by atoms with Crippen LogP contribution in [0.1, 0.15) is 0 Å². The van der Waals surface area contributed by atoms with E-state index in [1.807, 2.05) is 0 Å². The van der Waals surface area contributed by atoms with E-state index in [4.69, 9.17) is 21.8 Å². The highest BCUT2D eigenvalue weighted by Crippen LogP contribution is 2.21. The lowest BCUT2D eigenvalue weighted by Crippen LogP contribution is -2.36. The summed E-state index contributed by atoms with van der Waals surface area (Å²) in [5, 5.41) is 16.9. The second-order valence-electron chi connectivity index (χ2n) is 3.26. The van der Waals surface area contributed by atoms with Crippen molar-refractivity contribution in [1.29, 1.82) is 0 Å². The zero-order valence-corrected chi connectivity index (χ0v) is 10.4. The molecule has 1 rings (SSSR count). The van der Waals surface area contributed by atoms with Gasteiger partial charge in [0.2, 0.25) is 10.0 Å². The Morgan fingerprint density at radius 1 is 1.50 bits per heavy atom. The van der Waals surface area contributed by atoms with E-state index in [2.05, 4.69) is 0 Å². The first kappa shape index (κ1) is 14.8. The van der Waals surface area contributed by atoms with Crippen molar-refractivity contribution in [2.24, 2.45) is 0 Å². The standard InChI is InChI=1S/C9H9ClFNO5S/c10-5-2-1-3-7(8(5)11)18(16,17)12-4-6(13)9(14)15/h1-3,6,12-13H,4H2,(H,14,15)/t6-/m0/s1. The Morgan fingerprint density at radius 2 is 2.11 bits per heavy atom. The first-order valence-corrected chi connectivity index (χ1v) is 6.46. The average Bonchev–Trinajstić information content (AvgIpc) is 2.29. The van der Waals surface area contributed by atoms with E-state index in [1.165, 1.54) is 12.1 Å². The maximum Gasteiger partial charge on any atom is 0.333 e. The number of aliphatic hydroxyl groups is 1. The van der Waals surface area contributed by atoms with Gasteiger partial charge in [0.25, 0.3) is 0 Å². The first-order chi connectivity index (χ1) is 8.25. The summed E-state index contributed by atoms with van der Waals surface area (Å²) in [5.74, 6) is -2.74. The van der Waals surface area contributed by atoms with E-state index in [1.54, 1.807) is 4.72 Å². The maximum atomic E-state index is 13.5. The van der Waals surface area contributed by atoms with E-state index in [-0.39, 0.29) is 5.02 Å². The van der Waals surface area contributed by atoms with Gasteiger partial charge in [-0.15, -0.1) is 0 Å². The molecule has 0 radical (unpaired) electrons. The molecule has 1 aromatic carbocycles. The summed E-state index contributed by atoms with van der Waals surface area (Å²) in [6, 6.07) is 3.37. The van der Waals surface area contributed by atoms with Crippen molar-refractivity contribution in [3.05, 3.63) is 29.0 Å². The van der Waals surface area contributed by atoms with Crippen LogP contribution in [-0.4, -0.2) is 37.2 Å². The Balaban J connectivity index is 2.94. The first-order valence-electron chi connectivity index (χ1n) is 4.60. The number of aliphatic hydroxyl groups excluding tert-OH is 1. The Hall–Kier alpha value is -1.22. The quantitative estimate of drug-likeness (QED) is 0.720. The minimum Gasteiger partial charge on any atom is -0.479 e. The number of halogens is 2. The molecule has 0 fully saturated rings. The molecule has 0 aliphatic carbocycles. The molecule has 0 heterocycles. The number of carbonyl (C=O) groups is 1.